The molecule has 1 aromatic rings. The van der Waals surface area contributed by atoms with Crippen molar-refractivity contribution in [3.8, 4) is 5.75 Å². The van der Waals surface area contributed by atoms with Gasteiger partial charge in [0.1, 0.15) is 5.75 Å². The molecule has 1 unspecified atom stereocenters. The van der Waals surface area contributed by atoms with Crippen molar-refractivity contribution in [2.45, 2.75) is 50.0 Å². The van der Waals surface area contributed by atoms with Gasteiger partial charge in [-0.3, -0.25) is 4.79 Å². The second kappa shape index (κ2) is 6.06. The highest BCUT2D eigenvalue weighted by Gasteiger charge is 2.53. The lowest BCUT2D eigenvalue weighted by molar-refractivity contribution is -0.150. The normalized spacial score (nSPS) is 20.5. The fourth-order valence-corrected chi connectivity index (χ4v) is 3.64. The molecule has 21 heavy (non-hydrogen) atoms. The highest BCUT2D eigenvalue weighted by atomic mass is 16.5. The molecule has 0 saturated heterocycles. The van der Waals surface area contributed by atoms with Gasteiger partial charge in [0.2, 0.25) is 5.91 Å². The number of carbonyl (C=O) groups excluding carboxylic acids is 1. The molecule has 2 N–H and O–H groups in total. The third kappa shape index (κ3) is 2.53. The van der Waals surface area contributed by atoms with Gasteiger partial charge in [0, 0.05) is 12.5 Å². The van der Waals surface area contributed by atoms with Crippen LogP contribution >= 0.6 is 0 Å². The molecule has 1 fully saturated rings. The number of primary amides is 1. The summed E-state index contributed by atoms with van der Waals surface area (Å²) in [5.74, 6) is 0.408. The summed E-state index contributed by atoms with van der Waals surface area (Å²) >= 11 is 0. The van der Waals surface area contributed by atoms with Crippen molar-refractivity contribution in [3.63, 3.8) is 0 Å². The van der Waals surface area contributed by atoms with E-state index in [2.05, 4.69) is 0 Å². The minimum Gasteiger partial charge on any atom is -0.497 e. The molecular formula is C17H25NO3. The molecule has 0 aliphatic heterocycles. The molecule has 4 nitrogen and oxygen atoms in total. The largest absolute Gasteiger partial charge is 0.497 e. The first-order valence-corrected chi connectivity index (χ1v) is 7.50. The Hall–Kier alpha value is -1.55. The van der Waals surface area contributed by atoms with Crippen LogP contribution in [0, 0.1) is 0 Å². The number of hydrogen-bond donors (Lipinski definition) is 1. The Kier molecular flexibility index (Phi) is 4.57. The predicted molar refractivity (Wildman–Crippen MR) is 82.4 cm³/mol. The summed E-state index contributed by atoms with van der Waals surface area (Å²) in [6.07, 6.45) is 5.17. The van der Waals surface area contributed by atoms with Crippen LogP contribution in [0.1, 0.15) is 44.6 Å². The summed E-state index contributed by atoms with van der Waals surface area (Å²) < 4.78 is 10.9. The quantitative estimate of drug-likeness (QED) is 0.907. The second-order valence-corrected chi connectivity index (χ2v) is 5.97. The summed E-state index contributed by atoms with van der Waals surface area (Å²) in [6.45, 7) is 1.82. The Bertz CT molecular complexity index is 491. The number of hydrogen-bond acceptors (Lipinski definition) is 3. The fourth-order valence-electron chi connectivity index (χ4n) is 3.64. The van der Waals surface area contributed by atoms with Crippen LogP contribution in [0.25, 0.3) is 0 Å². The fraction of sp³-hybridized carbons (Fsp3) is 0.588. The van der Waals surface area contributed by atoms with Gasteiger partial charge < -0.3 is 15.2 Å². The van der Waals surface area contributed by atoms with E-state index in [1.165, 1.54) is 6.42 Å². The first kappa shape index (κ1) is 15.8. The zero-order chi connectivity index (χ0) is 15.5. The third-order valence-corrected chi connectivity index (χ3v) is 5.14. The molecule has 1 aliphatic carbocycles. The topological polar surface area (TPSA) is 61.6 Å². The predicted octanol–water partition coefficient (Wildman–Crippen LogP) is 2.79. The SMILES string of the molecule is COc1ccc(C2(C(C)(OC)C(N)=O)CCCCC2)cc1. The van der Waals surface area contributed by atoms with E-state index in [1.54, 1.807) is 14.2 Å². The van der Waals surface area contributed by atoms with Crippen molar-refractivity contribution in [1.29, 1.82) is 0 Å². The maximum Gasteiger partial charge on any atom is 0.250 e. The van der Waals surface area contributed by atoms with Gasteiger partial charge in [-0.15, -0.1) is 0 Å². The summed E-state index contributed by atoms with van der Waals surface area (Å²) in [7, 11) is 3.22. The van der Waals surface area contributed by atoms with Crippen LogP contribution in [0.2, 0.25) is 0 Å². The van der Waals surface area contributed by atoms with Gasteiger partial charge in [0.25, 0.3) is 0 Å². The molecule has 1 amide bonds. The van der Waals surface area contributed by atoms with Crippen LogP contribution < -0.4 is 10.5 Å². The molecule has 0 radical (unpaired) electrons. The Morgan fingerprint density at radius 1 is 1.14 bits per heavy atom. The van der Waals surface area contributed by atoms with E-state index in [0.717, 1.165) is 37.0 Å². The lowest BCUT2D eigenvalue weighted by atomic mass is 9.60. The number of amides is 1. The van der Waals surface area contributed by atoms with E-state index >= 15 is 0 Å². The number of benzene rings is 1. The summed E-state index contributed by atoms with van der Waals surface area (Å²) in [5.41, 5.74) is 5.44. The van der Waals surface area contributed by atoms with E-state index < -0.39 is 11.5 Å². The number of nitrogens with two attached hydrogens (primary N) is 1. The first-order valence-electron chi connectivity index (χ1n) is 7.50. The van der Waals surface area contributed by atoms with Gasteiger partial charge >= 0.3 is 0 Å². The van der Waals surface area contributed by atoms with Crippen LogP contribution in [-0.4, -0.2) is 25.7 Å². The summed E-state index contributed by atoms with van der Waals surface area (Å²) in [5, 5.41) is 0. The van der Waals surface area contributed by atoms with Gasteiger partial charge in [-0.25, -0.2) is 0 Å². The minimum absolute atomic E-state index is 0.363. The number of rotatable bonds is 5. The van der Waals surface area contributed by atoms with Gasteiger partial charge in [-0.2, -0.15) is 0 Å². The molecule has 116 valence electrons. The average molecular weight is 291 g/mol. The standard InChI is InChI=1S/C17H25NO3/c1-16(21-3,15(18)19)17(11-5-4-6-12-17)13-7-9-14(20-2)10-8-13/h7-10H,4-6,11-12H2,1-3H3,(H2,18,19). The van der Waals surface area contributed by atoms with Crippen LogP contribution in [0.3, 0.4) is 0 Å². The van der Waals surface area contributed by atoms with Gasteiger partial charge in [-0.1, -0.05) is 31.4 Å². The van der Waals surface area contributed by atoms with E-state index in [0.29, 0.717) is 0 Å². The minimum atomic E-state index is -0.998. The van der Waals surface area contributed by atoms with Crippen LogP contribution in [-0.2, 0) is 14.9 Å². The average Bonchev–Trinajstić information content (AvgIpc) is 2.54. The van der Waals surface area contributed by atoms with Crippen molar-refractivity contribution in [2.24, 2.45) is 5.73 Å². The van der Waals surface area contributed by atoms with Gasteiger partial charge in [0.05, 0.1) is 7.11 Å². The van der Waals surface area contributed by atoms with E-state index in [1.807, 2.05) is 31.2 Å². The smallest absolute Gasteiger partial charge is 0.250 e. The summed E-state index contributed by atoms with van der Waals surface area (Å²) in [4.78, 5) is 12.1. The highest BCUT2D eigenvalue weighted by molar-refractivity contribution is 5.85. The van der Waals surface area contributed by atoms with E-state index in [4.69, 9.17) is 15.2 Å². The first-order chi connectivity index (χ1) is 10.00. The monoisotopic (exact) mass is 291 g/mol. The maximum atomic E-state index is 12.1. The lowest BCUT2D eigenvalue weighted by Gasteiger charge is -2.48. The van der Waals surface area contributed by atoms with Crippen LogP contribution in [0.4, 0.5) is 0 Å². The second-order valence-electron chi connectivity index (χ2n) is 5.97. The van der Waals surface area contributed by atoms with Gasteiger partial charge in [0.15, 0.2) is 5.60 Å². The summed E-state index contributed by atoms with van der Waals surface area (Å²) in [6, 6.07) is 7.93. The molecule has 0 heterocycles. The molecule has 4 heteroatoms. The molecule has 0 spiro atoms. The molecular weight excluding hydrogens is 266 g/mol. The Labute approximate surface area is 126 Å². The van der Waals surface area contributed by atoms with Crippen molar-refractivity contribution < 1.29 is 14.3 Å². The molecule has 0 bridgehead atoms. The number of ether oxygens (including phenoxy) is 2. The molecule has 0 aromatic heterocycles. The Morgan fingerprint density at radius 2 is 1.71 bits per heavy atom. The molecule has 2 rings (SSSR count). The zero-order valence-corrected chi connectivity index (χ0v) is 13.1. The number of carbonyl (C=O) groups is 1. The lowest BCUT2D eigenvalue weighted by Crippen LogP contribution is -2.59. The molecule has 1 aromatic carbocycles. The van der Waals surface area contributed by atoms with Gasteiger partial charge in [-0.05, 0) is 37.5 Å². The third-order valence-electron chi connectivity index (χ3n) is 5.14. The van der Waals surface area contributed by atoms with E-state index in [-0.39, 0.29) is 5.41 Å². The molecule has 1 saturated carbocycles. The van der Waals surface area contributed by atoms with Crippen molar-refractivity contribution in [2.75, 3.05) is 14.2 Å². The zero-order valence-electron chi connectivity index (χ0n) is 13.1. The Morgan fingerprint density at radius 3 is 2.14 bits per heavy atom. The van der Waals surface area contributed by atoms with Crippen molar-refractivity contribution >= 4 is 5.91 Å². The molecule has 1 aliphatic rings. The van der Waals surface area contributed by atoms with Crippen LogP contribution in [0.15, 0.2) is 24.3 Å². The Balaban J connectivity index is 2.52. The van der Waals surface area contributed by atoms with Crippen molar-refractivity contribution in [3.05, 3.63) is 29.8 Å². The van der Waals surface area contributed by atoms with Crippen molar-refractivity contribution in [1.82, 2.24) is 0 Å². The highest BCUT2D eigenvalue weighted by Crippen LogP contribution is 2.48. The maximum absolute atomic E-state index is 12.1. The van der Waals surface area contributed by atoms with Crippen LogP contribution in [0.5, 0.6) is 5.75 Å². The number of methoxy groups -OCH3 is 2. The van der Waals surface area contributed by atoms with E-state index in [9.17, 15) is 4.79 Å². The molecule has 1 atom stereocenters.